The molecule has 1 N–H and O–H groups in total. The van der Waals surface area contributed by atoms with Gasteiger partial charge in [0.05, 0.1) is 12.9 Å². The highest BCUT2D eigenvalue weighted by molar-refractivity contribution is 5.29. The van der Waals surface area contributed by atoms with Gasteiger partial charge in [0.25, 0.3) is 0 Å². The average molecular weight is 313 g/mol. The molecule has 0 unspecified atom stereocenters. The zero-order valence-electron chi connectivity index (χ0n) is 14.4. The van der Waals surface area contributed by atoms with E-state index in [0.29, 0.717) is 12.6 Å². The van der Waals surface area contributed by atoms with Crippen molar-refractivity contribution in [3.63, 3.8) is 0 Å². The molecule has 1 heterocycles. The summed E-state index contributed by atoms with van der Waals surface area (Å²) in [5.74, 6) is 1.14. The lowest BCUT2D eigenvalue weighted by atomic mass is 9.75. The Morgan fingerprint density at radius 3 is 2.78 bits per heavy atom. The van der Waals surface area contributed by atoms with Crippen LogP contribution < -0.4 is 5.32 Å². The van der Waals surface area contributed by atoms with Gasteiger partial charge < -0.3 is 14.5 Å². The number of furan rings is 1. The molecule has 0 radical (unpaired) electrons. The maximum Gasteiger partial charge on any atom is 0.109 e. The van der Waals surface area contributed by atoms with Gasteiger partial charge in [0, 0.05) is 31.2 Å². The number of hydrogen-bond donors (Lipinski definition) is 1. The molecule has 3 rings (SSSR count). The standard InChI is InChI=1S/C20H27NO2/c1-4-22-14-16-8-6-5-7-15(16)13-21-18-11-20(2,3)12-19-17(18)9-10-23-19/h5-10,18,21H,4,11-14H2,1-3H3/t18-/m1/s1. The fourth-order valence-corrected chi connectivity index (χ4v) is 3.47. The molecule has 1 aromatic heterocycles. The van der Waals surface area contributed by atoms with E-state index in [1.807, 2.05) is 13.2 Å². The van der Waals surface area contributed by atoms with Crippen molar-refractivity contribution >= 4 is 0 Å². The van der Waals surface area contributed by atoms with Crippen LogP contribution in [-0.4, -0.2) is 6.61 Å². The molecular formula is C20H27NO2. The highest BCUT2D eigenvalue weighted by atomic mass is 16.5. The van der Waals surface area contributed by atoms with E-state index < -0.39 is 0 Å². The van der Waals surface area contributed by atoms with E-state index in [4.69, 9.17) is 9.15 Å². The molecule has 0 amide bonds. The summed E-state index contributed by atoms with van der Waals surface area (Å²) < 4.78 is 11.3. The Morgan fingerprint density at radius 1 is 1.22 bits per heavy atom. The minimum atomic E-state index is 0.271. The highest BCUT2D eigenvalue weighted by Gasteiger charge is 2.33. The van der Waals surface area contributed by atoms with Crippen LogP contribution in [0, 0.1) is 5.41 Å². The van der Waals surface area contributed by atoms with Gasteiger partial charge in [-0.05, 0) is 36.0 Å². The van der Waals surface area contributed by atoms with E-state index in [1.165, 1.54) is 16.7 Å². The zero-order valence-corrected chi connectivity index (χ0v) is 14.4. The van der Waals surface area contributed by atoms with Gasteiger partial charge in [-0.25, -0.2) is 0 Å². The van der Waals surface area contributed by atoms with Crippen molar-refractivity contribution in [1.82, 2.24) is 5.32 Å². The average Bonchev–Trinajstić information content (AvgIpc) is 2.98. The molecule has 3 heteroatoms. The predicted molar refractivity (Wildman–Crippen MR) is 92.2 cm³/mol. The van der Waals surface area contributed by atoms with Gasteiger partial charge in [-0.15, -0.1) is 0 Å². The number of nitrogens with one attached hydrogen (secondary N) is 1. The van der Waals surface area contributed by atoms with Crippen LogP contribution in [0.3, 0.4) is 0 Å². The molecule has 1 aliphatic carbocycles. The largest absolute Gasteiger partial charge is 0.469 e. The van der Waals surface area contributed by atoms with Gasteiger partial charge in [0.2, 0.25) is 0 Å². The van der Waals surface area contributed by atoms with Crippen molar-refractivity contribution in [3.05, 3.63) is 59.0 Å². The summed E-state index contributed by atoms with van der Waals surface area (Å²) in [5, 5.41) is 3.74. The summed E-state index contributed by atoms with van der Waals surface area (Å²) in [6.07, 6.45) is 3.98. The van der Waals surface area contributed by atoms with Crippen molar-refractivity contribution in [2.75, 3.05) is 6.61 Å². The molecule has 3 nitrogen and oxygen atoms in total. The van der Waals surface area contributed by atoms with Gasteiger partial charge in [-0.3, -0.25) is 0 Å². The van der Waals surface area contributed by atoms with Crippen LogP contribution in [0.2, 0.25) is 0 Å². The molecule has 0 fully saturated rings. The summed E-state index contributed by atoms with van der Waals surface area (Å²) in [4.78, 5) is 0. The summed E-state index contributed by atoms with van der Waals surface area (Å²) in [6, 6.07) is 11.0. The Labute approximate surface area is 139 Å². The van der Waals surface area contributed by atoms with Crippen molar-refractivity contribution in [2.24, 2.45) is 5.41 Å². The minimum Gasteiger partial charge on any atom is -0.469 e. The molecule has 1 aliphatic rings. The third-order valence-corrected chi connectivity index (χ3v) is 4.67. The summed E-state index contributed by atoms with van der Waals surface area (Å²) >= 11 is 0. The topological polar surface area (TPSA) is 34.4 Å². The molecule has 0 spiro atoms. The molecule has 2 aromatic rings. The van der Waals surface area contributed by atoms with Crippen molar-refractivity contribution in [2.45, 2.75) is 52.8 Å². The number of rotatable bonds is 6. The molecule has 1 aromatic carbocycles. The van der Waals surface area contributed by atoms with Gasteiger partial charge in [-0.2, -0.15) is 0 Å². The quantitative estimate of drug-likeness (QED) is 0.845. The second-order valence-electron chi connectivity index (χ2n) is 7.18. The molecule has 23 heavy (non-hydrogen) atoms. The van der Waals surface area contributed by atoms with E-state index in [1.54, 1.807) is 0 Å². The third-order valence-electron chi connectivity index (χ3n) is 4.67. The monoisotopic (exact) mass is 313 g/mol. The van der Waals surface area contributed by atoms with Crippen LogP contribution >= 0.6 is 0 Å². The third kappa shape index (κ3) is 3.85. The van der Waals surface area contributed by atoms with E-state index in [2.05, 4.69) is 49.5 Å². The van der Waals surface area contributed by atoms with Crippen molar-refractivity contribution < 1.29 is 9.15 Å². The highest BCUT2D eigenvalue weighted by Crippen LogP contribution is 2.41. The molecule has 0 saturated carbocycles. The molecule has 0 bridgehead atoms. The lowest BCUT2D eigenvalue weighted by Crippen LogP contribution is -2.32. The Bertz CT molecular complexity index is 645. The zero-order chi connectivity index (χ0) is 16.3. The molecule has 0 saturated heterocycles. The predicted octanol–water partition coefficient (Wildman–Crippen LogP) is 4.62. The normalized spacial score (nSPS) is 19.5. The van der Waals surface area contributed by atoms with Gasteiger partial charge in [0.15, 0.2) is 0 Å². The van der Waals surface area contributed by atoms with Gasteiger partial charge in [0.1, 0.15) is 5.76 Å². The van der Waals surface area contributed by atoms with Crippen LogP contribution in [0.25, 0.3) is 0 Å². The maximum absolute atomic E-state index is 5.69. The van der Waals surface area contributed by atoms with E-state index in [9.17, 15) is 0 Å². The summed E-state index contributed by atoms with van der Waals surface area (Å²) in [7, 11) is 0. The second-order valence-corrected chi connectivity index (χ2v) is 7.18. The smallest absolute Gasteiger partial charge is 0.109 e. The number of fused-ring (bicyclic) bond motifs is 1. The Hall–Kier alpha value is -1.58. The first kappa shape index (κ1) is 16.3. The second kappa shape index (κ2) is 6.90. The van der Waals surface area contributed by atoms with Gasteiger partial charge >= 0.3 is 0 Å². The van der Waals surface area contributed by atoms with E-state index >= 15 is 0 Å². The first-order chi connectivity index (χ1) is 11.1. The van der Waals surface area contributed by atoms with Gasteiger partial charge in [-0.1, -0.05) is 38.1 Å². The number of hydrogen-bond acceptors (Lipinski definition) is 3. The number of ether oxygens (including phenoxy) is 1. The summed E-state index contributed by atoms with van der Waals surface area (Å²) in [5.41, 5.74) is 4.18. The lowest BCUT2D eigenvalue weighted by Gasteiger charge is -2.35. The Balaban J connectivity index is 1.72. The first-order valence-electron chi connectivity index (χ1n) is 8.53. The minimum absolute atomic E-state index is 0.271. The molecule has 0 aliphatic heterocycles. The lowest BCUT2D eigenvalue weighted by molar-refractivity contribution is 0.133. The first-order valence-corrected chi connectivity index (χ1v) is 8.53. The van der Waals surface area contributed by atoms with Crippen LogP contribution in [-0.2, 0) is 24.3 Å². The number of benzene rings is 1. The maximum atomic E-state index is 5.69. The van der Waals surface area contributed by atoms with E-state index in [-0.39, 0.29) is 5.41 Å². The Morgan fingerprint density at radius 2 is 2.00 bits per heavy atom. The fraction of sp³-hybridized carbons (Fsp3) is 0.500. The SMILES string of the molecule is CCOCc1ccccc1CN[C@@H]1CC(C)(C)Cc2occc21. The molecule has 1 atom stereocenters. The molecule has 124 valence electrons. The van der Waals surface area contributed by atoms with Crippen LogP contribution in [0.1, 0.15) is 55.7 Å². The van der Waals surface area contributed by atoms with Crippen molar-refractivity contribution in [1.29, 1.82) is 0 Å². The Kier molecular flexibility index (Phi) is 4.88. The van der Waals surface area contributed by atoms with Crippen molar-refractivity contribution in [3.8, 4) is 0 Å². The van der Waals surface area contributed by atoms with E-state index in [0.717, 1.165) is 31.8 Å². The molecular weight excluding hydrogens is 286 g/mol. The fourth-order valence-electron chi connectivity index (χ4n) is 3.47. The van der Waals surface area contributed by atoms with Crippen LogP contribution in [0.4, 0.5) is 0 Å². The van der Waals surface area contributed by atoms with Crippen LogP contribution in [0.5, 0.6) is 0 Å². The van der Waals surface area contributed by atoms with Crippen LogP contribution in [0.15, 0.2) is 41.0 Å². The summed E-state index contributed by atoms with van der Waals surface area (Å²) in [6.45, 7) is 8.95.